The normalized spacial score (nSPS) is 10.8. The molecule has 0 amide bonds. The minimum absolute atomic E-state index is 0.327. The first kappa shape index (κ1) is 17.9. The molecule has 0 aromatic heterocycles. The standard InChI is InChI=1S/C20H32O/c1-4-5-6-7-8-9-10-11-12-16-19(21)20-17(2)14-13-15-18(20)3/h13-15H,4-12,16H2,1-3H3. The van der Waals surface area contributed by atoms with Crippen molar-refractivity contribution >= 4 is 5.78 Å². The van der Waals surface area contributed by atoms with E-state index in [2.05, 4.69) is 6.92 Å². The lowest BCUT2D eigenvalue weighted by molar-refractivity contribution is 0.0978. The molecule has 0 atom stereocenters. The Kier molecular flexibility index (Phi) is 9.05. The van der Waals surface area contributed by atoms with E-state index in [9.17, 15) is 4.79 Å². The van der Waals surface area contributed by atoms with Crippen molar-refractivity contribution in [3.63, 3.8) is 0 Å². The second-order valence-corrected chi connectivity index (χ2v) is 6.27. The van der Waals surface area contributed by atoms with Gasteiger partial charge in [0.1, 0.15) is 0 Å². The molecule has 0 aliphatic rings. The number of aryl methyl sites for hydroxylation is 2. The summed E-state index contributed by atoms with van der Waals surface area (Å²) < 4.78 is 0. The first-order valence-electron chi connectivity index (χ1n) is 8.76. The van der Waals surface area contributed by atoms with Gasteiger partial charge < -0.3 is 0 Å². The number of ketones is 1. The highest BCUT2D eigenvalue weighted by molar-refractivity contribution is 5.98. The number of carbonyl (C=O) groups is 1. The van der Waals surface area contributed by atoms with Crippen molar-refractivity contribution in [3.05, 3.63) is 34.9 Å². The van der Waals surface area contributed by atoms with Crippen LogP contribution >= 0.6 is 0 Å². The third-order valence-corrected chi connectivity index (χ3v) is 4.27. The van der Waals surface area contributed by atoms with Crippen LogP contribution in [-0.2, 0) is 0 Å². The number of hydrogen-bond acceptors (Lipinski definition) is 1. The van der Waals surface area contributed by atoms with Gasteiger partial charge in [-0.15, -0.1) is 0 Å². The van der Waals surface area contributed by atoms with Crippen molar-refractivity contribution in [3.8, 4) is 0 Å². The van der Waals surface area contributed by atoms with Crippen LogP contribution in [0, 0.1) is 13.8 Å². The lowest BCUT2D eigenvalue weighted by Gasteiger charge is -2.08. The molecule has 0 heterocycles. The van der Waals surface area contributed by atoms with Gasteiger partial charge in [0.2, 0.25) is 0 Å². The maximum atomic E-state index is 12.3. The Morgan fingerprint density at radius 1 is 0.810 bits per heavy atom. The number of benzene rings is 1. The first-order valence-corrected chi connectivity index (χ1v) is 8.76. The van der Waals surface area contributed by atoms with Gasteiger partial charge in [0.25, 0.3) is 0 Å². The van der Waals surface area contributed by atoms with E-state index in [1.807, 2.05) is 32.0 Å². The maximum absolute atomic E-state index is 12.3. The van der Waals surface area contributed by atoms with Crippen LogP contribution in [0.25, 0.3) is 0 Å². The van der Waals surface area contributed by atoms with Crippen LogP contribution in [0.1, 0.15) is 92.6 Å². The molecule has 118 valence electrons. The Labute approximate surface area is 131 Å². The topological polar surface area (TPSA) is 17.1 Å². The Bertz CT molecular complexity index is 400. The molecule has 21 heavy (non-hydrogen) atoms. The van der Waals surface area contributed by atoms with E-state index in [1.54, 1.807) is 0 Å². The molecule has 0 N–H and O–H groups in total. The van der Waals surface area contributed by atoms with Crippen LogP contribution in [0.5, 0.6) is 0 Å². The molecule has 0 spiro atoms. The Hall–Kier alpha value is -1.11. The molecule has 0 saturated carbocycles. The first-order chi connectivity index (χ1) is 10.2. The summed E-state index contributed by atoms with van der Waals surface area (Å²) in [5.74, 6) is 0.327. The van der Waals surface area contributed by atoms with E-state index in [1.165, 1.54) is 51.4 Å². The number of hydrogen-bond donors (Lipinski definition) is 0. The highest BCUT2D eigenvalue weighted by atomic mass is 16.1. The Morgan fingerprint density at radius 3 is 1.81 bits per heavy atom. The maximum Gasteiger partial charge on any atom is 0.163 e. The summed E-state index contributed by atoms with van der Waals surface area (Å²) >= 11 is 0. The second kappa shape index (κ2) is 10.6. The molecule has 1 aromatic carbocycles. The van der Waals surface area contributed by atoms with Crippen molar-refractivity contribution in [2.45, 2.75) is 85.0 Å². The van der Waals surface area contributed by atoms with E-state index in [0.29, 0.717) is 12.2 Å². The van der Waals surface area contributed by atoms with Crippen LogP contribution < -0.4 is 0 Å². The molecule has 1 heteroatoms. The number of Topliss-reactive ketones (excluding diaryl/α,β-unsaturated/α-hetero) is 1. The third-order valence-electron chi connectivity index (χ3n) is 4.27. The Balaban J connectivity index is 2.14. The minimum atomic E-state index is 0.327. The lowest BCUT2D eigenvalue weighted by atomic mass is 9.96. The molecular formula is C20H32O. The molecule has 1 nitrogen and oxygen atoms in total. The smallest absolute Gasteiger partial charge is 0.163 e. The molecule has 1 rings (SSSR count). The molecule has 0 fully saturated rings. The molecule has 1 aromatic rings. The minimum Gasteiger partial charge on any atom is -0.294 e. The molecular weight excluding hydrogens is 256 g/mol. The summed E-state index contributed by atoms with van der Waals surface area (Å²) in [5.41, 5.74) is 3.20. The zero-order valence-corrected chi connectivity index (χ0v) is 14.2. The van der Waals surface area contributed by atoms with Gasteiger partial charge in [0, 0.05) is 12.0 Å². The lowest BCUT2D eigenvalue weighted by Crippen LogP contribution is -2.04. The summed E-state index contributed by atoms with van der Waals surface area (Å²) in [5, 5.41) is 0. The van der Waals surface area contributed by atoms with E-state index in [4.69, 9.17) is 0 Å². The van der Waals surface area contributed by atoms with Crippen LogP contribution in [0.15, 0.2) is 18.2 Å². The van der Waals surface area contributed by atoms with Crippen molar-refractivity contribution in [1.82, 2.24) is 0 Å². The summed E-state index contributed by atoms with van der Waals surface area (Å²) in [6, 6.07) is 6.10. The highest BCUT2D eigenvalue weighted by Gasteiger charge is 2.10. The van der Waals surface area contributed by atoms with Crippen molar-refractivity contribution in [2.75, 3.05) is 0 Å². The molecule has 0 bridgehead atoms. The SMILES string of the molecule is CCCCCCCCCCCC(=O)c1c(C)cccc1C. The zero-order chi connectivity index (χ0) is 15.5. The van der Waals surface area contributed by atoms with Crippen LogP contribution in [0.2, 0.25) is 0 Å². The monoisotopic (exact) mass is 288 g/mol. The fourth-order valence-electron chi connectivity index (χ4n) is 2.98. The fourth-order valence-corrected chi connectivity index (χ4v) is 2.98. The summed E-state index contributed by atoms with van der Waals surface area (Å²) in [6.45, 7) is 6.33. The average Bonchev–Trinajstić information content (AvgIpc) is 2.45. The van der Waals surface area contributed by atoms with E-state index >= 15 is 0 Å². The van der Waals surface area contributed by atoms with Crippen molar-refractivity contribution < 1.29 is 4.79 Å². The fraction of sp³-hybridized carbons (Fsp3) is 0.650. The number of unbranched alkanes of at least 4 members (excludes halogenated alkanes) is 8. The summed E-state index contributed by atoms with van der Waals surface area (Å²) in [6.07, 6.45) is 12.4. The predicted molar refractivity (Wildman–Crippen MR) is 92.1 cm³/mol. The zero-order valence-electron chi connectivity index (χ0n) is 14.2. The third kappa shape index (κ3) is 6.93. The highest BCUT2D eigenvalue weighted by Crippen LogP contribution is 2.17. The van der Waals surface area contributed by atoms with E-state index in [-0.39, 0.29) is 0 Å². The summed E-state index contributed by atoms with van der Waals surface area (Å²) in [4.78, 5) is 12.3. The predicted octanol–water partition coefficient (Wildman–Crippen LogP) is 6.41. The van der Waals surface area contributed by atoms with Gasteiger partial charge in [-0.1, -0.05) is 76.5 Å². The van der Waals surface area contributed by atoms with Crippen LogP contribution in [-0.4, -0.2) is 5.78 Å². The van der Waals surface area contributed by atoms with Crippen LogP contribution in [0.4, 0.5) is 0 Å². The van der Waals surface area contributed by atoms with Gasteiger partial charge in [0.05, 0.1) is 0 Å². The van der Waals surface area contributed by atoms with Crippen molar-refractivity contribution in [2.24, 2.45) is 0 Å². The largest absolute Gasteiger partial charge is 0.294 e. The van der Waals surface area contributed by atoms with E-state index in [0.717, 1.165) is 23.1 Å². The van der Waals surface area contributed by atoms with Gasteiger partial charge in [-0.2, -0.15) is 0 Å². The molecule has 0 aliphatic carbocycles. The summed E-state index contributed by atoms with van der Waals surface area (Å²) in [7, 11) is 0. The van der Waals surface area contributed by atoms with Gasteiger partial charge >= 0.3 is 0 Å². The average molecular weight is 288 g/mol. The quantitative estimate of drug-likeness (QED) is 0.340. The molecule has 0 saturated heterocycles. The Morgan fingerprint density at radius 2 is 1.29 bits per heavy atom. The van der Waals surface area contributed by atoms with E-state index < -0.39 is 0 Å². The van der Waals surface area contributed by atoms with Gasteiger partial charge in [-0.25, -0.2) is 0 Å². The van der Waals surface area contributed by atoms with Gasteiger partial charge in [0.15, 0.2) is 5.78 Å². The second-order valence-electron chi connectivity index (χ2n) is 6.27. The molecule has 0 unspecified atom stereocenters. The van der Waals surface area contributed by atoms with Gasteiger partial charge in [-0.3, -0.25) is 4.79 Å². The molecule has 0 aliphatic heterocycles. The van der Waals surface area contributed by atoms with Crippen molar-refractivity contribution in [1.29, 1.82) is 0 Å². The van der Waals surface area contributed by atoms with Crippen LogP contribution in [0.3, 0.4) is 0 Å². The number of carbonyl (C=O) groups excluding carboxylic acids is 1. The molecule has 0 radical (unpaired) electrons. The van der Waals surface area contributed by atoms with Gasteiger partial charge in [-0.05, 0) is 31.4 Å². The number of rotatable bonds is 11.